The summed E-state index contributed by atoms with van der Waals surface area (Å²) in [5.41, 5.74) is 1.68. The number of likely N-dealkylation sites (tertiary alicyclic amines) is 1. The molecule has 5 rings (SSSR count). The largest absolute Gasteiger partial charge is 0.508 e. The van der Waals surface area contributed by atoms with Gasteiger partial charge in [0.2, 0.25) is 5.78 Å². The third-order valence-electron chi connectivity index (χ3n) is 6.70. The molecule has 38 heavy (non-hydrogen) atoms. The molecule has 0 radical (unpaired) electrons. The van der Waals surface area contributed by atoms with Crippen molar-refractivity contribution < 1.29 is 28.2 Å². The molecule has 8 heteroatoms. The Morgan fingerprint density at radius 1 is 1.11 bits per heavy atom. The number of nitrogens with zero attached hydrogens (tertiary/aromatic N) is 1. The fraction of sp³-hybridized carbons (Fsp3) is 0.300. The van der Waals surface area contributed by atoms with E-state index in [9.17, 15) is 18.7 Å². The molecule has 0 unspecified atom stereocenters. The molecular weight excluding hydrogens is 508 g/mol. The molecule has 0 spiro atoms. The quantitative estimate of drug-likeness (QED) is 0.220. The third-order valence-corrected chi connectivity index (χ3v) is 7.83. The maximum atomic E-state index is 14.1. The lowest BCUT2D eigenvalue weighted by molar-refractivity contribution is 0.0184. The van der Waals surface area contributed by atoms with Crippen molar-refractivity contribution >= 4 is 27.2 Å². The number of aromatic hydroxyl groups is 1. The molecule has 0 aliphatic carbocycles. The molecule has 1 saturated heterocycles. The molecule has 0 saturated carbocycles. The second-order valence-electron chi connectivity index (χ2n) is 9.50. The highest BCUT2D eigenvalue weighted by Gasteiger charge is 2.28. The molecule has 1 fully saturated rings. The summed E-state index contributed by atoms with van der Waals surface area (Å²) in [7, 11) is 0. The number of phenolic OH excluding ortho intramolecular Hbond substituents is 1. The van der Waals surface area contributed by atoms with E-state index in [4.69, 9.17) is 9.47 Å². The van der Waals surface area contributed by atoms with Crippen LogP contribution in [0.4, 0.5) is 8.78 Å². The number of rotatable bonds is 10. The fourth-order valence-corrected chi connectivity index (χ4v) is 5.91. The van der Waals surface area contributed by atoms with Crippen molar-refractivity contribution in [3.63, 3.8) is 0 Å². The lowest BCUT2D eigenvalue weighted by atomic mass is 9.95. The van der Waals surface area contributed by atoms with Crippen molar-refractivity contribution in [2.24, 2.45) is 0 Å². The van der Waals surface area contributed by atoms with Crippen LogP contribution in [-0.2, 0) is 6.42 Å². The molecule has 0 atom stereocenters. The van der Waals surface area contributed by atoms with E-state index in [-0.39, 0.29) is 30.1 Å². The van der Waals surface area contributed by atoms with Gasteiger partial charge in [-0.05, 0) is 85.5 Å². The van der Waals surface area contributed by atoms with Gasteiger partial charge < -0.3 is 14.6 Å². The van der Waals surface area contributed by atoms with Crippen LogP contribution in [0.3, 0.4) is 0 Å². The minimum absolute atomic E-state index is 0.0748. The number of benzene rings is 3. The van der Waals surface area contributed by atoms with E-state index >= 15 is 0 Å². The van der Waals surface area contributed by atoms with Crippen LogP contribution >= 0.6 is 11.3 Å². The van der Waals surface area contributed by atoms with Gasteiger partial charge >= 0.3 is 0 Å². The number of carbonyl (C=O) groups is 1. The standard InChI is InChI=1S/C30H29F2NO4S/c1-3-19-14-20(32)13-18(2)27(19)28(35)30-29(25-10-5-21(34)15-26(25)38-30)37-23-8-6-22(7-9-23)36-24-16-33(17-24)12-4-11-31/h5-10,13-15,24,34H,3-4,11-12,16-17H2,1-2H3. The summed E-state index contributed by atoms with van der Waals surface area (Å²) in [6, 6.07) is 14.9. The minimum Gasteiger partial charge on any atom is -0.508 e. The van der Waals surface area contributed by atoms with Gasteiger partial charge in [-0.25, -0.2) is 4.39 Å². The zero-order valence-electron chi connectivity index (χ0n) is 21.3. The van der Waals surface area contributed by atoms with Crippen LogP contribution in [0.5, 0.6) is 23.0 Å². The van der Waals surface area contributed by atoms with Crippen molar-refractivity contribution in [2.75, 3.05) is 26.3 Å². The summed E-state index contributed by atoms with van der Waals surface area (Å²) >= 11 is 1.24. The minimum atomic E-state index is -0.370. The zero-order valence-corrected chi connectivity index (χ0v) is 22.1. The summed E-state index contributed by atoms with van der Waals surface area (Å²) in [4.78, 5) is 16.4. The van der Waals surface area contributed by atoms with Gasteiger partial charge in [0.15, 0.2) is 5.75 Å². The Bertz CT molecular complexity index is 1460. The summed E-state index contributed by atoms with van der Waals surface area (Å²) in [6.07, 6.45) is 1.13. The van der Waals surface area contributed by atoms with Crippen LogP contribution in [0.2, 0.25) is 0 Å². The first-order valence-corrected chi connectivity index (χ1v) is 13.5. The van der Waals surface area contributed by atoms with Crippen molar-refractivity contribution in [1.29, 1.82) is 0 Å². The van der Waals surface area contributed by atoms with E-state index in [0.717, 1.165) is 19.6 Å². The Labute approximate surface area is 224 Å². The molecule has 1 aliphatic rings. The smallest absolute Gasteiger partial charge is 0.207 e. The van der Waals surface area contributed by atoms with Crippen LogP contribution in [0.15, 0.2) is 54.6 Å². The highest BCUT2D eigenvalue weighted by atomic mass is 32.1. The monoisotopic (exact) mass is 537 g/mol. The van der Waals surface area contributed by atoms with E-state index in [1.54, 1.807) is 37.3 Å². The number of thiophene rings is 1. The lowest BCUT2D eigenvalue weighted by Gasteiger charge is -2.38. The summed E-state index contributed by atoms with van der Waals surface area (Å²) in [6.45, 7) is 5.62. The second-order valence-corrected chi connectivity index (χ2v) is 10.5. The van der Waals surface area contributed by atoms with Crippen molar-refractivity contribution in [3.05, 3.63) is 82.0 Å². The van der Waals surface area contributed by atoms with E-state index in [1.165, 1.54) is 23.5 Å². The molecule has 3 aromatic carbocycles. The van der Waals surface area contributed by atoms with Crippen LogP contribution in [-0.4, -0.2) is 48.2 Å². The number of hydrogen-bond acceptors (Lipinski definition) is 6. The highest BCUT2D eigenvalue weighted by Crippen LogP contribution is 2.43. The number of phenols is 1. The van der Waals surface area contributed by atoms with Crippen molar-refractivity contribution in [3.8, 4) is 23.0 Å². The Hall–Kier alpha value is -3.49. The van der Waals surface area contributed by atoms with Crippen molar-refractivity contribution in [2.45, 2.75) is 32.8 Å². The van der Waals surface area contributed by atoms with E-state index in [1.807, 2.05) is 19.1 Å². The van der Waals surface area contributed by atoms with Gasteiger partial charge in [0.1, 0.15) is 34.0 Å². The number of aryl methyl sites for hydroxylation is 2. The van der Waals surface area contributed by atoms with Crippen LogP contribution < -0.4 is 9.47 Å². The third kappa shape index (κ3) is 5.37. The topological polar surface area (TPSA) is 59.0 Å². The molecule has 0 amide bonds. The van der Waals surface area contributed by atoms with Gasteiger partial charge in [-0.15, -0.1) is 11.3 Å². The Morgan fingerprint density at radius 3 is 2.55 bits per heavy atom. The predicted molar refractivity (Wildman–Crippen MR) is 145 cm³/mol. The molecule has 0 bridgehead atoms. The van der Waals surface area contributed by atoms with Crippen LogP contribution in [0, 0.1) is 12.7 Å². The number of fused-ring (bicyclic) bond motifs is 1. The van der Waals surface area contributed by atoms with Gasteiger partial charge in [0.05, 0.1) is 6.67 Å². The molecule has 1 N–H and O–H groups in total. The first kappa shape index (κ1) is 26.1. The Morgan fingerprint density at radius 2 is 1.84 bits per heavy atom. The molecule has 1 aromatic heterocycles. The highest BCUT2D eigenvalue weighted by molar-refractivity contribution is 7.21. The first-order valence-electron chi connectivity index (χ1n) is 12.7. The molecule has 5 nitrogen and oxygen atoms in total. The zero-order chi connectivity index (χ0) is 26.8. The molecule has 2 heterocycles. The second kappa shape index (κ2) is 11.1. The van der Waals surface area contributed by atoms with Gasteiger partial charge in [0.25, 0.3) is 0 Å². The van der Waals surface area contributed by atoms with Gasteiger partial charge in [-0.3, -0.25) is 14.1 Å². The number of alkyl halides is 1. The number of ketones is 1. The van der Waals surface area contributed by atoms with Gasteiger partial charge in [0, 0.05) is 35.3 Å². The number of hydrogen-bond donors (Lipinski definition) is 1. The maximum Gasteiger partial charge on any atom is 0.207 e. The number of ether oxygens (including phenoxy) is 2. The maximum absolute atomic E-state index is 14.1. The van der Waals surface area contributed by atoms with E-state index in [0.29, 0.717) is 61.7 Å². The lowest BCUT2D eigenvalue weighted by Crippen LogP contribution is -2.53. The summed E-state index contributed by atoms with van der Waals surface area (Å²) in [5, 5.41) is 10.7. The average Bonchev–Trinajstić information content (AvgIpc) is 3.22. The Balaban J connectivity index is 1.41. The molecule has 4 aromatic rings. The first-order chi connectivity index (χ1) is 18.4. The SMILES string of the molecule is CCc1cc(F)cc(C)c1C(=O)c1sc2cc(O)ccc2c1Oc1ccc(OC2CN(CCCF)C2)cc1. The fourth-order valence-electron chi connectivity index (χ4n) is 4.80. The van der Waals surface area contributed by atoms with Gasteiger partial charge in [-0.1, -0.05) is 6.92 Å². The molecule has 1 aliphatic heterocycles. The van der Waals surface area contributed by atoms with Gasteiger partial charge in [-0.2, -0.15) is 0 Å². The van der Waals surface area contributed by atoms with Crippen LogP contribution in [0.1, 0.15) is 39.7 Å². The van der Waals surface area contributed by atoms with E-state index in [2.05, 4.69) is 4.90 Å². The number of carbonyl (C=O) groups excluding carboxylic acids is 1. The van der Waals surface area contributed by atoms with E-state index < -0.39 is 0 Å². The molecular formula is C30H29F2NO4S. The van der Waals surface area contributed by atoms with Crippen molar-refractivity contribution in [1.82, 2.24) is 4.90 Å². The summed E-state index contributed by atoms with van der Waals surface area (Å²) < 4.78 is 39.4. The summed E-state index contributed by atoms with van der Waals surface area (Å²) in [5.74, 6) is 1.12. The number of halogens is 2. The normalized spacial score (nSPS) is 14.0. The van der Waals surface area contributed by atoms with Crippen LogP contribution in [0.25, 0.3) is 10.1 Å². The Kier molecular flexibility index (Phi) is 7.63. The average molecular weight is 538 g/mol. The molecule has 198 valence electrons. The predicted octanol–water partition coefficient (Wildman–Crippen LogP) is 7.06.